The summed E-state index contributed by atoms with van der Waals surface area (Å²) in [6.07, 6.45) is 1.64. The Morgan fingerprint density at radius 1 is 1.32 bits per heavy atom. The zero-order chi connectivity index (χ0) is 24.1. The van der Waals surface area contributed by atoms with Crippen molar-refractivity contribution in [1.82, 2.24) is 35.5 Å². The number of aromatic nitrogens is 6. The minimum atomic E-state index is -0.474. The molecule has 11 nitrogen and oxygen atoms in total. The van der Waals surface area contributed by atoms with E-state index >= 15 is 0 Å². The van der Waals surface area contributed by atoms with Gasteiger partial charge in [-0.05, 0) is 48.7 Å². The van der Waals surface area contributed by atoms with Gasteiger partial charge in [0.25, 0.3) is 5.91 Å². The molecule has 3 aromatic rings. The average Bonchev–Trinajstić information content (AvgIpc) is 3.32. The first-order chi connectivity index (χ1) is 16.4. The first-order valence-electron chi connectivity index (χ1n) is 10.9. The van der Waals surface area contributed by atoms with E-state index in [1.165, 1.54) is 30.1 Å². The molecule has 12 heteroatoms. The topological polar surface area (TPSA) is 137 Å². The number of halogens is 1. The standard InChI is InChI=1S/C22H26FN7O4/c1-13-25-18(21-27-29-30(28-21)10-16-5-3-15(11-31)12-34-16)8-19(26-13)22(32)24-9-14-4-6-17(23)20(7-14)33-2/h4,6-8,15-16,31H,3,5,9-12H2,1-2H3,(H,24,32)/t15-,16?/m1/s1. The van der Waals surface area contributed by atoms with Crippen LogP contribution < -0.4 is 10.1 Å². The summed E-state index contributed by atoms with van der Waals surface area (Å²) in [4.78, 5) is 22.7. The van der Waals surface area contributed by atoms with Gasteiger partial charge in [0, 0.05) is 19.1 Å². The maximum Gasteiger partial charge on any atom is 0.270 e. The van der Waals surface area contributed by atoms with E-state index in [0.29, 0.717) is 30.2 Å². The van der Waals surface area contributed by atoms with Gasteiger partial charge in [0.2, 0.25) is 5.82 Å². The zero-order valence-corrected chi connectivity index (χ0v) is 18.9. The third-order valence-corrected chi connectivity index (χ3v) is 5.51. The highest BCUT2D eigenvalue weighted by Gasteiger charge is 2.23. The Balaban J connectivity index is 1.41. The fourth-order valence-electron chi connectivity index (χ4n) is 3.64. The maximum absolute atomic E-state index is 13.6. The molecule has 2 N–H and O–H groups in total. The zero-order valence-electron chi connectivity index (χ0n) is 18.9. The molecule has 1 aliphatic heterocycles. The van der Waals surface area contributed by atoms with E-state index in [4.69, 9.17) is 9.47 Å². The minimum absolute atomic E-state index is 0.0524. The number of aryl methyl sites for hydroxylation is 1. The number of nitrogens with one attached hydrogen (secondary N) is 1. The molecule has 0 saturated carbocycles. The number of methoxy groups -OCH3 is 1. The second-order valence-corrected chi connectivity index (χ2v) is 8.09. The summed E-state index contributed by atoms with van der Waals surface area (Å²) in [6.45, 7) is 2.91. The molecule has 0 aliphatic carbocycles. The Hall–Kier alpha value is -3.51. The molecule has 1 amide bonds. The van der Waals surface area contributed by atoms with Crippen molar-refractivity contribution >= 4 is 5.91 Å². The number of nitrogens with zero attached hydrogens (tertiary/aromatic N) is 6. The number of amides is 1. The van der Waals surface area contributed by atoms with E-state index in [-0.39, 0.29) is 42.4 Å². The Kier molecular flexibility index (Phi) is 7.38. The number of ether oxygens (including phenoxy) is 2. The summed E-state index contributed by atoms with van der Waals surface area (Å²) in [5.74, 6) is 0.0390. The first-order valence-corrected chi connectivity index (χ1v) is 10.9. The number of aliphatic hydroxyl groups is 1. The van der Waals surface area contributed by atoms with E-state index < -0.39 is 11.7 Å². The monoisotopic (exact) mass is 471 g/mol. The van der Waals surface area contributed by atoms with Gasteiger partial charge in [-0.15, -0.1) is 10.2 Å². The van der Waals surface area contributed by atoms with Gasteiger partial charge in [-0.2, -0.15) is 4.80 Å². The number of carbonyl (C=O) groups excluding carboxylic acids is 1. The molecule has 0 radical (unpaired) electrons. The van der Waals surface area contributed by atoms with Crippen LogP contribution in [0.2, 0.25) is 0 Å². The van der Waals surface area contributed by atoms with Gasteiger partial charge >= 0.3 is 0 Å². The molecule has 1 saturated heterocycles. The SMILES string of the molecule is COc1cc(CNC(=O)c2cc(-c3nnn(CC4CC[C@H](CO)CO4)n3)nc(C)n2)ccc1F. The molecule has 180 valence electrons. The lowest BCUT2D eigenvalue weighted by atomic mass is 9.99. The molecule has 1 unspecified atom stereocenters. The van der Waals surface area contributed by atoms with E-state index in [1.807, 2.05) is 0 Å². The highest BCUT2D eigenvalue weighted by atomic mass is 19.1. The van der Waals surface area contributed by atoms with Gasteiger partial charge in [0.1, 0.15) is 17.2 Å². The number of benzene rings is 1. The summed E-state index contributed by atoms with van der Waals surface area (Å²) >= 11 is 0. The predicted molar refractivity (Wildman–Crippen MR) is 117 cm³/mol. The van der Waals surface area contributed by atoms with Gasteiger partial charge in [0.15, 0.2) is 11.6 Å². The van der Waals surface area contributed by atoms with Crippen molar-refractivity contribution in [2.24, 2.45) is 5.92 Å². The molecular formula is C22H26FN7O4. The normalized spacial score (nSPS) is 18.0. The van der Waals surface area contributed by atoms with Crippen molar-refractivity contribution in [2.75, 3.05) is 20.3 Å². The fourth-order valence-corrected chi connectivity index (χ4v) is 3.64. The van der Waals surface area contributed by atoms with Crippen LogP contribution in [-0.4, -0.2) is 67.6 Å². The second kappa shape index (κ2) is 10.6. The smallest absolute Gasteiger partial charge is 0.270 e. The number of hydrogen-bond acceptors (Lipinski definition) is 9. The van der Waals surface area contributed by atoms with Crippen LogP contribution in [-0.2, 0) is 17.8 Å². The summed E-state index contributed by atoms with van der Waals surface area (Å²) in [5.41, 5.74) is 1.20. The van der Waals surface area contributed by atoms with E-state index in [9.17, 15) is 14.3 Å². The maximum atomic E-state index is 13.6. The van der Waals surface area contributed by atoms with Crippen LogP contribution in [0.3, 0.4) is 0 Å². The van der Waals surface area contributed by atoms with Crippen molar-refractivity contribution in [1.29, 1.82) is 0 Å². The highest BCUT2D eigenvalue weighted by molar-refractivity contribution is 5.93. The van der Waals surface area contributed by atoms with Crippen LogP contribution in [0.1, 0.15) is 34.7 Å². The average molecular weight is 471 g/mol. The summed E-state index contributed by atoms with van der Waals surface area (Å²) in [7, 11) is 1.38. The Bertz CT molecular complexity index is 1150. The van der Waals surface area contributed by atoms with Crippen LogP contribution in [0.25, 0.3) is 11.5 Å². The van der Waals surface area contributed by atoms with Crippen molar-refractivity contribution in [3.63, 3.8) is 0 Å². The third-order valence-electron chi connectivity index (χ3n) is 5.51. The van der Waals surface area contributed by atoms with Gasteiger partial charge < -0.3 is 19.9 Å². The molecule has 1 fully saturated rings. The minimum Gasteiger partial charge on any atom is -0.494 e. The Morgan fingerprint density at radius 3 is 2.91 bits per heavy atom. The first kappa shape index (κ1) is 23.6. The molecule has 0 spiro atoms. The molecule has 3 heterocycles. The van der Waals surface area contributed by atoms with Gasteiger partial charge in [-0.25, -0.2) is 14.4 Å². The number of rotatable bonds is 8. The summed E-state index contributed by atoms with van der Waals surface area (Å²) < 4.78 is 24.3. The van der Waals surface area contributed by atoms with Gasteiger partial charge in [0.05, 0.1) is 26.4 Å². The third kappa shape index (κ3) is 5.69. The van der Waals surface area contributed by atoms with Crippen molar-refractivity contribution in [3.8, 4) is 17.3 Å². The number of aliphatic hydroxyl groups excluding tert-OH is 1. The molecule has 2 aromatic heterocycles. The number of carbonyl (C=O) groups is 1. The Morgan fingerprint density at radius 2 is 2.18 bits per heavy atom. The lowest BCUT2D eigenvalue weighted by molar-refractivity contribution is -0.0402. The van der Waals surface area contributed by atoms with E-state index in [2.05, 4.69) is 30.7 Å². The summed E-state index contributed by atoms with van der Waals surface area (Å²) in [6, 6.07) is 5.87. The van der Waals surface area contributed by atoms with Crippen LogP contribution in [0.5, 0.6) is 5.75 Å². The highest BCUT2D eigenvalue weighted by Crippen LogP contribution is 2.20. The van der Waals surface area contributed by atoms with Crippen molar-refractivity contribution < 1.29 is 23.8 Å². The summed E-state index contributed by atoms with van der Waals surface area (Å²) in [5, 5.41) is 24.5. The molecule has 1 aliphatic rings. The largest absolute Gasteiger partial charge is 0.494 e. The Labute approximate surface area is 195 Å². The molecule has 1 aromatic carbocycles. The molecule has 4 rings (SSSR count). The fraction of sp³-hybridized carbons (Fsp3) is 0.455. The van der Waals surface area contributed by atoms with E-state index in [0.717, 1.165) is 12.8 Å². The van der Waals surface area contributed by atoms with Crippen LogP contribution in [0, 0.1) is 18.7 Å². The quantitative estimate of drug-likeness (QED) is 0.498. The van der Waals surface area contributed by atoms with Gasteiger partial charge in [-0.3, -0.25) is 4.79 Å². The molecular weight excluding hydrogens is 445 g/mol. The number of hydrogen-bond donors (Lipinski definition) is 2. The van der Waals surface area contributed by atoms with Crippen LogP contribution >= 0.6 is 0 Å². The van der Waals surface area contributed by atoms with E-state index in [1.54, 1.807) is 13.0 Å². The van der Waals surface area contributed by atoms with Crippen LogP contribution in [0.4, 0.5) is 4.39 Å². The lowest BCUT2D eigenvalue weighted by Gasteiger charge is -2.27. The lowest BCUT2D eigenvalue weighted by Crippen LogP contribution is -2.31. The number of tetrazole rings is 1. The second-order valence-electron chi connectivity index (χ2n) is 8.09. The molecule has 34 heavy (non-hydrogen) atoms. The van der Waals surface area contributed by atoms with Crippen LogP contribution in [0.15, 0.2) is 24.3 Å². The predicted octanol–water partition coefficient (Wildman–Crippen LogP) is 1.30. The van der Waals surface area contributed by atoms with Gasteiger partial charge in [-0.1, -0.05) is 6.07 Å². The molecule has 2 atom stereocenters. The van der Waals surface area contributed by atoms with Crippen molar-refractivity contribution in [2.45, 2.75) is 39.0 Å². The molecule has 0 bridgehead atoms. The van der Waals surface area contributed by atoms with Crippen molar-refractivity contribution in [3.05, 3.63) is 47.2 Å².